The lowest BCUT2D eigenvalue weighted by molar-refractivity contribution is 0.173. The van der Waals surface area contributed by atoms with Gasteiger partial charge in [0.25, 0.3) is 0 Å². The number of fused-ring (bicyclic) bond motifs is 1. The molecule has 2 N–H and O–H groups in total. The van der Waals surface area contributed by atoms with E-state index in [2.05, 4.69) is 0 Å². The van der Waals surface area contributed by atoms with Crippen molar-refractivity contribution < 1.29 is 13.9 Å². The van der Waals surface area contributed by atoms with Crippen LogP contribution >= 0.6 is 11.6 Å². The van der Waals surface area contributed by atoms with Gasteiger partial charge < -0.3 is 15.2 Å². The monoisotopic (exact) mass is 217 g/mol. The molecule has 3 nitrogen and oxygen atoms in total. The lowest BCUT2D eigenvalue weighted by Crippen LogP contribution is -2.09. The molecule has 0 amide bonds. The number of ether oxygens (including phenoxy) is 2. The van der Waals surface area contributed by atoms with Crippen LogP contribution in [-0.2, 0) is 0 Å². The van der Waals surface area contributed by atoms with E-state index in [-0.39, 0.29) is 17.4 Å². The molecule has 1 unspecified atom stereocenters. The second-order valence-electron chi connectivity index (χ2n) is 3.11. The number of nitrogens with two attached hydrogens (primary N) is 1. The number of halogens is 2. The molecule has 1 aromatic rings. The van der Waals surface area contributed by atoms with Gasteiger partial charge in [0.1, 0.15) is 0 Å². The third kappa shape index (κ3) is 1.31. The van der Waals surface area contributed by atoms with E-state index in [9.17, 15) is 4.39 Å². The van der Waals surface area contributed by atoms with Gasteiger partial charge in [-0.1, -0.05) is 11.6 Å². The second-order valence-corrected chi connectivity index (χ2v) is 3.52. The summed E-state index contributed by atoms with van der Waals surface area (Å²) in [5, 5.41) is 0.00144. The first-order valence-corrected chi connectivity index (χ1v) is 4.52. The van der Waals surface area contributed by atoms with Crippen LogP contribution in [0.25, 0.3) is 0 Å². The molecule has 0 fully saturated rings. The first-order valence-electron chi connectivity index (χ1n) is 4.14. The summed E-state index contributed by atoms with van der Waals surface area (Å²) < 4.78 is 23.8. The standard InChI is InChI=1S/C9H9ClFNO2/c1-4(12)7-8(11)5(10)2-6-9(7)14-3-13-6/h2,4H,3,12H2,1H3. The Bertz CT molecular complexity index is 382. The number of hydrogen-bond acceptors (Lipinski definition) is 3. The van der Waals surface area contributed by atoms with E-state index in [1.165, 1.54) is 6.07 Å². The average molecular weight is 218 g/mol. The highest BCUT2D eigenvalue weighted by Crippen LogP contribution is 2.42. The van der Waals surface area contributed by atoms with Gasteiger partial charge in [0.05, 0.1) is 10.6 Å². The maximum atomic E-state index is 13.6. The fourth-order valence-electron chi connectivity index (χ4n) is 1.42. The van der Waals surface area contributed by atoms with Crippen LogP contribution in [0.1, 0.15) is 18.5 Å². The van der Waals surface area contributed by atoms with Gasteiger partial charge in [-0.3, -0.25) is 0 Å². The average Bonchev–Trinajstić information content (AvgIpc) is 2.52. The summed E-state index contributed by atoms with van der Waals surface area (Å²) in [7, 11) is 0. The molecule has 0 bridgehead atoms. The van der Waals surface area contributed by atoms with Gasteiger partial charge >= 0.3 is 0 Å². The molecule has 0 aromatic heterocycles. The molecule has 0 spiro atoms. The number of rotatable bonds is 1. The van der Waals surface area contributed by atoms with Crippen molar-refractivity contribution in [2.45, 2.75) is 13.0 Å². The molecule has 5 heteroatoms. The second kappa shape index (κ2) is 3.29. The highest BCUT2D eigenvalue weighted by atomic mass is 35.5. The van der Waals surface area contributed by atoms with Gasteiger partial charge in [-0.15, -0.1) is 0 Å². The molecular weight excluding hydrogens is 209 g/mol. The molecule has 1 heterocycles. The molecule has 0 saturated heterocycles. The Hall–Kier alpha value is -1.00. The maximum absolute atomic E-state index is 13.6. The van der Waals surface area contributed by atoms with Crippen molar-refractivity contribution in [1.82, 2.24) is 0 Å². The number of benzene rings is 1. The smallest absolute Gasteiger partial charge is 0.231 e. The quantitative estimate of drug-likeness (QED) is 0.785. The molecule has 1 aliphatic rings. The summed E-state index contributed by atoms with van der Waals surface area (Å²) in [5.41, 5.74) is 5.89. The Morgan fingerprint density at radius 2 is 2.29 bits per heavy atom. The molecule has 0 aliphatic carbocycles. The van der Waals surface area contributed by atoms with Crippen molar-refractivity contribution in [3.05, 3.63) is 22.5 Å². The van der Waals surface area contributed by atoms with Crippen LogP contribution in [0.2, 0.25) is 5.02 Å². The van der Waals surface area contributed by atoms with Gasteiger partial charge in [-0.2, -0.15) is 0 Å². The van der Waals surface area contributed by atoms with Crippen LogP contribution in [0.4, 0.5) is 4.39 Å². The van der Waals surface area contributed by atoms with E-state index in [1.54, 1.807) is 6.92 Å². The van der Waals surface area contributed by atoms with Crippen molar-refractivity contribution in [2.24, 2.45) is 5.73 Å². The van der Waals surface area contributed by atoms with Crippen LogP contribution < -0.4 is 15.2 Å². The minimum absolute atomic E-state index is 0.00144. The molecule has 14 heavy (non-hydrogen) atoms. The molecule has 76 valence electrons. The van der Waals surface area contributed by atoms with Crippen molar-refractivity contribution in [3.63, 3.8) is 0 Å². The van der Waals surface area contributed by atoms with Crippen molar-refractivity contribution in [3.8, 4) is 11.5 Å². The van der Waals surface area contributed by atoms with Gasteiger partial charge in [-0.25, -0.2) is 4.39 Å². The Morgan fingerprint density at radius 3 is 2.93 bits per heavy atom. The van der Waals surface area contributed by atoms with Crippen LogP contribution in [0.5, 0.6) is 11.5 Å². The molecule has 1 aromatic carbocycles. The summed E-state index contributed by atoms with van der Waals surface area (Å²) in [6.45, 7) is 1.74. The zero-order valence-corrected chi connectivity index (χ0v) is 8.27. The van der Waals surface area contributed by atoms with E-state index < -0.39 is 11.9 Å². The van der Waals surface area contributed by atoms with Gasteiger partial charge in [-0.05, 0) is 6.92 Å². The third-order valence-electron chi connectivity index (χ3n) is 2.05. The van der Waals surface area contributed by atoms with Gasteiger partial charge in [0, 0.05) is 12.1 Å². The van der Waals surface area contributed by atoms with Gasteiger partial charge in [0.2, 0.25) is 6.79 Å². The number of hydrogen-bond donors (Lipinski definition) is 1. The zero-order chi connectivity index (χ0) is 10.3. The Kier molecular flexibility index (Phi) is 2.25. The predicted molar refractivity (Wildman–Crippen MR) is 50.1 cm³/mol. The summed E-state index contributed by atoms with van der Waals surface area (Å²) in [6, 6.07) is 0.912. The van der Waals surface area contributed by atoms with Gasteiger partial charge in [0.15, 0.2) is 17.3 Å². The lowest BCUT2D eigenvalue weighted by Gasteiger charge is -2.11. The van der Waals surface area contributed by atoms with Crippen molar-refractivity contribution in [1.29, 1.82) is 0 Å². The Morgan fingerprint density at radius 1 is 1.57 bits per heavy atom. The summed E-state index contributed by atoms with van der Waals surface area (Å²) in [4.78, 5) is 0. The van der Waals surface area contributed by atoms with E-state index in [1.807, 2.05) is 0 Å². The minimum Gasteiger partial charge on any atom is -0.454 e. The van der Waals surface area contributed by atoms with E-state index in [4.69, 9.17) is 26.8 Å². The first kappa shape index (κ1) is 9.55. The highest BCUT2D eigenvalue weighted by molar-refractivity contribution is 6.31. The van der Waals surface area contributed by atoms with E-state index in [0.29, 0.717) is 11.5 Å². The summed E-state index contributed by atoms with van der Waals surface area (Å²) in [6.07, 6.45) is 0. The van der Waals surface area contributed by atoms with Crippen molar-refractivity contribution in [2.75, 3.05) is 6.79 Å². The van der Waals surface area contributed by atoms with Crippen molar-refractivity contribution >= 4 is 11.6 Å². The maximum Gasteiger partial charge on any atom is 0.231 e. The fraction of sp³-hybridized carbons (Fsp3) is 0.333. The molecule has 2 rings (SSSR count). The van der Waals surface area contributed by atoms with Crippen LogP contribution in [0.3, 0.4) is 0 Å². The summed E-state index contributed by atoms with van der Waals surface area (Å²) in [5.74, 6) is 0.275. The molecular formula is C9H9ClFNO2. The topological polar surface area (TPSA) is 44.5 Å². The predicted octanol–water partition coefficient (Wildman–Crippen LogP) is 2.23. The van der Waals surface area contributed by atoms with Crippen LogP contribution in [0, 0.1) is 5.82 Å². The Balaban J connectivity index is 2.66. The minimum atomic E-state index is -0.536. The summed E-state index contributed by atoms with van der Waals surface area (Å²) >= 11 is 5.68. The first-order chi connectivity index (χ1) is 6.61. The third-order valence-corrected chi connectivity index (χ3v) is 2.32. The Labute approximate surface area is 85.6 Å². The lowest BCUT2D eigenvalue weighted by atomic mass is 10.1. The zero-order valence-electron chi connectivity index (χ0n) is 7.51. The molecule has 1 atom stereocenters. The largest absolute Gasteiger partial charge is 0.454 e. The van der Waals surface area contributed by atoms with Crippen LogP contribution in [-0.4, -0.2) is 6.79 Å². The highest BCUT2D eigenvalue weighted by Gasteiger charge is 2.25. The molecule has 0 radical (unpaired) electrons. The SMILES string of the molecule is CC(N)c1c(F)c(Cl)cc2c1OCO2. The fourth-order valence-corrected chi connectivity index (χ4v) is 1.62. The van der Waals surface area contributed by atoms with E-state index >= 15 is 0 Å². The molecule has 0 saturated carbocycles. The normalized spacial score (nSPS) is 15.7. The molecule has 1 aliphatic heterocycles. The van der Waals surface area contributed by atoms with E-state index in [0.717, 1.165) is 0 Å². The van der Waals surface area contributed by atoms with Crippen LogP contribution in [0.15, 0.2) is 6.07 Å².